The van der Waals surface area contributed by atoms with Crippen molar-refractivity contribution in [2.45, 2.75) is 12.5 Å². The van der Waals surface area contributed by atoms with Crippen molar-refractivity contribution in [1.82, 2.24) is 9.55 Å². The van der Waals surface area contributed by atoms with E-state index in [2.05, 4.69) is 26.2 Å². The summed E-state index contributed by atoms with van der Waals surface area (Å²) in [5.41, 5.74) is 3.86. The fourth-order valence-corrected chi connectivity index (χ4v) is 3.76. The molecule has 1 atom stereocenters. The highest BCUT2D eigenvalue weighted by atomic mass is 79.9. The van der Waals surface area contributed by atoms with Crippen LogP contribution in [0.3, 0.4) is 0 Å². The minimum atomic E-state index is -0.900. The Hall–Kier alpha value is -3.71. The van der Waals surface area contributed by atoms with Gasteiger partial charge in [-0.15, -0.1) is 0 Å². The predicted molar refractivity (Wildman–Crippen MR) is 128 cm³/mol. The number of carboxylic acids is 1. The van der Waals surface area contributed by atoms with E-state index in [0.29, 0.717) is 5.69 Å². The maximum absolute atomic E-state index is 12.4. The first-order chi connectivity index (χ1) is 15.5. The van der Waals surface area contributed by atoms with Crippen molar-refractivity contribution in [3.8, 4) is 0 Å². The van der Waals surface area contributed by atoms with Gasteiger partial charge in [-0.3, -0.25) is 9.59 Å². The van der Waals surface area contributed by atoms with Crippen molar-refractivity contribution in [2.75, 3.05) is 5.32 Å². The Kier molecular flexibility index (Phi) is 6.47. The van der Waals surface area contributed by atoms with Gasteiger partial charge in [0, 0.05) is 16.2 Å². The molecule has 0 aliphatic rings. The minimum Gasteiger partial charge on any atom is -0.481 e. The second kappa shape index (κ2) is 9.62. The zero-order valence-corrected chi connectivity index (χ0v) is 18.6. The zero-order valence-electron chi connectivity index (χ0n) is 17.0. The number of hydrogen-bond donors (Lipinski definition) is 2. The molecule has 1 aromatic heterocycles. The molecular weight excluding hydrogens is 470 g/mol. The van der Waals surface area contributed by atoms with Crippen LogP contribution < -0.4 is 5.32 Å². The first-order valence-electron chi connectivity index (χ1n) is 9.97. The summed E-state index contributed by atoms with van der Waals surface area (Å²) < 4.78 is 2.81. The lowest BCUT2D eigenvalue weighted by atomic mass is 10.0. The van der Waals surface area contributed by atoms with Gasteiger partial charge in [-0.1, -0.05) is 58.4 Å². The Bertz CT molecular complexity index is 1280. The van der Waals surface area contributed by atoms with E-state index in [9.17, 15) is 14.7 Å². The van der Waals surface area contributed by atoms with Gasteiger partial charge >= 0.3 is 5.97 Å². The van der Waals surface area contributed by atoms with Crippen LogP contribution in [0.1, 0.15) is 23.6 Å². The molecule has 4 aromatic rings. The van der Waals surface area contributed by atoms with Crippen LogP contribution in [0.25, 0.3) is 17.1 Å². The van der Waals surface area contributed by atoms with Gasteiger partial charge in [0.2, 0.25) is 5.91 Å². The number of aromatic nitrogens is 2. The van der Waals surface area contributed by atoms with Crippen molar-refractivity contribution < 1.29 is 14.7 Å². The second-order valence-electron chi connectivity index (χ2n) is 7.25. The lowest BCUT2D eigenvalue weighted by molar-refractivity contribution is -0.137. The number of halogens is 1. The van der Waals surface area contributed by atoms with Crippen LogP contribution in [0.15, 0.2) is 89.7 Å². The highest BCUT2D eigenvalue weighted by molar-refractivity contribution is 9.10. The molecule has 160 valence electrons. The summed E-state index contributed by atoms with van der Waals surface area (Å²) >= 11 is 3.39. The molecule has 0 fully saturated rings. The first-order valence-corrected chi connectivity index (χ1v) is 10.8. The third-order valence-electron chi connectivity index (χ3n) is 5.03. The number of hydrogen-bond acceptors (Lipinski definition) is 3. The van der Waals surface area contributed by atoms with Crippen LogP contribution in [0.2, 0.25) is 0 Å². The quantitative estimate of drug-likeness (QED) is 0.335. The van der Waals surface area contributed by atoms with Crippen LogP contribution in [0.5, 0.6) is 0 Å². The van der Waals surface area contributed by atoms with Crippen LogP contribution in [0.4, 0.5) is 5.69 Å². The SMILES string of the molecule is O=C(O)CC(c1ccccc1)n1cnc2ccc(NC(=O)C=Cc3ccc(Br)cc3)cc21. The number of anilines is 1. The van der Waals surface area contributed by atoms with E-state index in [1.807, 2.05) is 71.3 Å². The number of carboxylic acid groups (broad SMARTS) is 1. The standard InChI is InChI=1S/C25H20BrN3O3/c26-19-9-6-17(7-10-19)8-13-24(30)28-20-11-12-21-23(14-20)29(16-27-21)22(15-25(31)32)18-4-2-1-3-5-18/h1-14,16,22H,15H2,(H,28,30)(H,31,32). The average molecular weight is 490 g/mol. The minimum absolute atomic E-state index is 0.0814. The van der Waals surface area contributed by atoms with E-state index in [-0.39, 0.29) is 12.3 Å². The van der Waals surface area contributed by atoms with Gasteiger partial charge in [-0.25, -0.2) is 4.98 Å². The normalized spacial score (nSPS) is 12.2. The third kappa shape index (κ3) is 5.12. The first kappa shape index (κ1) is 21.5. The van der Waals surface area contributed by atoms with Crippen molar-refractivity contribution in [3.63, 3.8) is 0 Å². The Morgan fingerprint density at radius 2 is 1.81 bits per heavy atom. The number of benzene rings is 3. The lowest BCUT2D eigenvalue weighted by Gasteiger charge is -2.18. The van der Waals surface area contributed by atoms with E-state index < -0.39 is 12.0 Å². The number of carbonyl (C=O) groups is 2. The highest BCUT2D eigenvalue weighted by Crippen LogP contribution is 2.28. The fourth-order valence-electron chi connectivity index (χ4n) is 3.50. The van der Waals surface area contributed by atoms with Gasteiger partial charge in [0.1, 0.15) is 0 Å². The number of fused-ring (bicyclic) bond motifs is 1. The second-order valence-corrected chi connectivity index (χ2v) is 8.17. The van der Waals surface area contributed by atoms with Gasteiger partial charge in [-0.05, 0) is 47.5 Å². The lowest BCUT2D eigenvalue weighted by Crippen LogP contribution is -2.14. The smallest absolute Gasteiger partial charge is 0.305 e. The van der Waals surface area contributed by atoms with Gasteiger partial charge in [0.05, 0.1) is 29.8 Å². The number of carbonyl (C=O) groups excluding carboxylic acids is 1. The molecule has 1 amide bonds. The topological polar surface area (TPSA) is 84.2 Å². The Morgan fingerprint density at radius 1 is 1.06 bits per heavy atom. The molecule has 0 radical (unpaired) electrons. The molecule has 0 aliphatic heterocycles. The van der Waals surface area contributed by atoms with Crippen molar-refractivity contribution in [1.29, 1.82) is 0 Å². The van der Waals surface area contributed by atoms with E-state index >= 15 is 0 Å². The van der Waals surface area contributed by atoms with Crippen molar-refractivity contribution >= 4 is 50.6 Å². The molecule has 0 aliphatic carbocycles. The Labute approximate surface area is 193 Å². The fraction of sp³-hybridized carbons (Fsp3) is 0.0800. The number of aliphatic carboxylic acids is 1. The monoisotopic (exact) mass is 489 g/mol. The van der Waals surface area contributed by atoms with Crippen LogP contribution in [-0.4, -0.2) is 26.5 Å². The average Bonchev–Trinajstić information content (AvgIpc) is 3.20. The number of nitrogens with one attached hydrogen (secondary N) is 1. The summed E-state index contributed by atoms with van der Waals surface area (Å²) in [7, 11) is 0. The third-order valence-corrected chi connectivity index (χ3v) is 5.56. The molecule has 6 nitrogen and oxygen atoms in total. The van der Waals surface area contributed by atoms with Crippen LogP contribution >= 0.6 is 15.9 Å². The number of rotatable bonds is 7. The zero-order chi connectivity index (χ0) is 22.5. The molecule has 32 heavy (non-hydrogen) atoms. The molecule has 0 saturated heterocycles. The van der Waals surface area contributed by atoms with E-state index in [0.717, 1.165) is 26.6 Å². The molecule has 1 unspecified atom stereocenters. The van der Waals surface area contributed by atoms with Crippen LogP contribution in [-0.2, 0) is 9.59 Å². The molecule has 1 heterocycles. The predicted octanol–water partition coefficient (Wildman–Crippen LogP) is 5.51. The van der Waals surface area contributed by atoms with Crippen molar-refractivity contribution in [2.24, 2.45) is 0 Å². The summed E-state index contributed by atoms with van der Waals surface area (Å²) in [6.45, 7) is 0. The van der Waals surface area contributed by atoms with E-state index in [4.69, 9.17) is 0 Å². The highest BCUT2D eigenvalue weighted by Gasteiger charge is 2.20. The molecule has 7 heteroatoms. The largest absolute Gasteiger partial charge is 0.481 e. The number of amides is 1. The molecule has 0 saturated carbocycles. The van der Waals surface area contributed by atoms with Gasteiger partial charge < -0.3 is 15.0 Å². The molecule has 0 bridgehead atoms. The summed E-state index contributed by atoms with van der Waals surface area (Å²) in [5.74, 6) is -1.16. The summed E-state index contributed by atoms with van der Waals surface area (Å²) in [6, 6.07) is 22.1. The molecule has 0 spiro atoms. The van der Waals surface area contributed by atoms with Gasteiger partial charge in [-0.2, -0.15) is 0 Å². The molecule has 4 rings (SSSR count). The summed E-state index contributed by atoms with van der Waals surface area (Å²) in [4.78, 5) is 28.4. The number of nitrogens with zero attached hydrogens (tertiary/aromatic N) is 2. The Morgan fingerprint density at radius 3 is 2.53 bits per heavy atom. The van der Waals surface area contributed by atoms with Crippen molar-refractivity contribution in [3.05, 3.63) is 101 Å². The maximum atomic E-state index is 12.4. The van der Waals surface area contributed by atoms with Gasteiger partial charge in [0.15, 0.2) is 0 Å². The summed E-state index contributed by atoms with van der Waals surface area (Å²) in [6.07, 6.45) is 4.77. The van der Waals surface area contributed by atoms with Crippen LogP contribution in [0, 0.1) is 0 Å². The molecule has 2 N–H and O–H groups in total. The van der Waals surface area contributed by atoms with E-state index in [1.54, 1.807) is 18.5 Å². The Balaban J connectivity index is 1.59. The molecule has 3 aromatic carbocycles. The number of imidazole rings is 1. The maximum Gasteiger partial charge on any atom is 0.305 e. The molecular formula is C25H20BrN3O3. The van der Waals surface area contributed by atoms with E-state index in [1.165, 1.54) is 6.08 Å². The summed E-state index contributed by atoms with van der Waals surface area (Å²) in [5, 5.41) is 12.3. The van der Waals surface area contributed by atoms with Gasteiger partial charge in [0.25, 0.3) is 0 Å².